The second-order valence-electron chi connectivity index (χ2n) is 8.04. The van der Waals surface area contributed by atoms with E-state index in [1.807, 2.05) is 30.3 Å². The molecule has 8 nitrogen and oxygen atoms in total. The van der Waals surface area contributed by atoms with Crippen molar-refractivity contribution in [2.75, 3.05) is 38.2 Å². The van der Waals surface area contributed by atoms with Crippen molar-refractivity contribution in [3.8, 4) is 11.5 Å². The van der Waals surface area contributed by atoms with Gasteiger partial charge >= 0.3 is 12.1 Å². The Balaban J connectivity index is 1.28. The number of amides is 3. The van der Waals surface area contributed by atoms with Gasteiger partial charge in [0, 0.05) is 37.3 Å². The molecule has 2 atom stereocenters. The number of urea groups is 1. The Hall–Kier alpha value is -3.42. The van der Waals surface area contributed by atoms with Crippen LogP contribution in [0.15, 0.2) is 48.5 Å². The van der Waals surface area contributed by atoms with Crippen LogP contribution in [0.3, 0.4) is 0 Å². The summed E-state index contributed by atoms with van der Waals surface area (Å²) >= 11 is 0. The van der Waals surface area contributed by atoms with Gasteiger partial charge in [0.2, 0.25) is 0 Å². The van der Waals surface area contributed by atoms with Gasteiger partial charge in [-0.1, -0.05) is 30.3 Å². The number of rotatable bonds is 3. The Labute approximate surface area is 180 Å². The summed E-state index contributed by atoms with van der Waals surface area (Å²) in [6.45, 7) is 2.99. The van der Waals surface area contributed by atoms with Crippen molar-refractivity contribution in [2.24, 2.45) is 5.92 Å². The number of likely N-dealkylation sites (tertiary alicyclic amines) is 1. The maximum atomic E-state index is 13.0. The summed E-state index contributed by atoms with van der Waals surface area (Å²) in [4.78, 5) is 29.0. The van der Waals surface area contributed by atoms with Gasteiger partial charge in [-0.2, -0.15) is 0 Å². The van der Waals surface area contributed by atoms with Gasteiger partial charge < -0.3 is 24.4 Å². The third-order valence-electron chi connectivity index (χ3n) is 6.05. The number of carbonyl (C=O) groups is 2. The van der Waals surface area contributed by atoms with Gasteiger partial charge in [-0.25, -0.2) is 9.59 Å². The van der Waals surface area contributed by atoms with Crippen molar-refractivity contribution in [2.45, 2.75) is 19.0 Å². The molecule has 0 saturated carbocycles. The summed E-state index contributed by atoms with van der Waals surface area (Å²) in [5.41, 5.74) is 1.69. The maximum Gasteiger partial charge on any atom is 0.410 e. The molecular formula is C23H25N3O5. The number of anilines is 1. The number of piperidine rings is 1. The van der Waals surface area contributed by atoms with Crippen LogP contribution >= 0.6 is 0 Å². The Morgan fingerprint density at radius 1 is 1.03 bits per heavy atom. The zero-order valence-corrected chi connectivity index (χ0v) is 17.2. The van der Waals surface area contributed by atoms with Crippen molar-refractivity contribution >= 4 is 17.8 Å². The Morgan fingerprint density at radius 2 is 1.84 bits per heavy atom. The van der Waals surface area contributed by atoms with E-state index in [1.165, 1.54) is 0 Å². The van der Waals surface area contributed by atoms with Crippen molar-refractivity contribution in [1.29, 1.82) is 0 Å². The average Bonchev–Trinajstić information content (AvgIpc) is 2.81. The van der Waals surface area contributed by atoms with Crippen LogP contribution in [-0.4, -0.2) is 60.9 Å². The molecule has 31 heavy (non-hydrogen) atoms. The van der Waals surface area contributed by atoms with Crippen LogP contribution < -0.4 is 14.8 Å². The van der Waals surface area contributed by atoms with Crippen LogP contribution in [0.2, 0.25) is 0 Å². The van der Waals surface area contributed by atoms with E-state index in [0.29, 0.717) is 56.6 Å². The minimum absolute atomic E-state index is 0.0683. The first kappa shape index (κ1) is 19.5. The summed E-state index contributed by atoms with van der Waals surface area (Å²) in [5.74, 6) is 1.54. The minimum atomic E-state index is -0.320. The molecule has 3 aliphatic rings. The Kier molecular flexibility index (Phi) is 5.28. The van der Waals surface area contributed by atoms with Crippen LogP contribution in [0.5, 0.6) is 11.5 Å². The van der Waals surface area contributed by atoms with E-state index in [4.69, 9.17) is 14.2 Å². The maximum absolute atomic E-state index is 13.0. The molecule has 162 valence electrons. The summed E-state index contributed by atoms with van der Waals surface area (Å²) in [6, 6.07) is 15.0. The number of ether oxygens (including phenoxy) is 3. The summed E-state index contributed by atoms with van der Waals surface area (Å²) in [6.07, 6.45) is 0.469. The zero-order valence-electron chi connectivity index (χ0n) is 17.2. The smallest absolute Gasteiger partial charge is 0.410 e. The van der Waals surface area contributed by atoms with Gasteiger partial charge in [0.1, 0.15) is 13.2 Å². The Bertz CT molecular complexity index is 967. The molecule has 0 aliphatic carbocycles. The fraction of sp³-hybridized carbons (Fsp3) is 0.391. The first-order valence-corrected chi connectivity index (χ1v) is 10.6. The number of nitrogens with zero attached hydrogens (tertiary/aromatic N) is 2. The molecule has 3 heterocycles. The molecule has 2 saturated heterocycles. The van der Waals surface area contributed by atoms with E-state index in [0.717, 1.165) is 12.0 Å². The highest BCUT2D eigenvalue weighted by Gasteiger charge is 2.42. The molecular weight excluding hydrogens is 398 g/mol. The molecule has 0 radical (unpaired) electrons. The lowest BCUT2D eigenvalue weighted by molar-refractivity contribution is -0.0232. The van der Waals surface area contributed by atoms with Crippen molar-refractivity contribution in [3.63, 3.8) is 0 Å². The van der Waals surface area contributed by atoms with Crippen LogP contribution in [0.1, 0.15) is 12.0 Å². The van der Waals surface area contributed by atoms with Crippen LogP contribution in [0, 0.1) is 5.92 Å². The summed E-state index contributed by atoms with van der Waals surface area (Å²) < 4.78 is 16.5. The lowest BCUT2D eigenvalue weighted by atomic mass is 9.90. The second kappa shape index (κ2) is 8.37. The molecule has 2 aromatic rings. The highest BCUT2D eigenvalue weighted by molar-refractivity contribution is 5.90. The molecule has 0 bridgehead atoms. The predicted octanol–water partition coefficient (Wildman–Crippen LogP) is 3.33. The minimum Gasteiger partial charge on any atom is -0.486 e. The largest absolute Gasteiger partial charge is 0.486 e. The first-order valence-electron chi connectivity index (χ1n) is 10.6. The SMILES string of the molecule is O=C(Nc1ccc2c(c1)OCCO2)N1CC[C@@H]2COC(=O)N(Cc3ccccc3)[C@@H]2C1. The molecule has 3 aliphatic heterocycles. The van der Waals surface area contributed by atoms with Crippen LogP contribution in [0.4, 0.5) is 15.3 Å². The molecule has 1 N–H and O–H groups in total. The molecule has 5 rings (SSSR count). The highest BCUT2D eigenvalue weighted by atomic mass is 16.6. The van der Waals surface area contributed by atoms with Crippen LogP contribution in [0.25, 0.3) is 0 Å². The average molecular weight is 423 g/mol. The van der Waals surface area contributed by atoms with E-state index >= 15 is 0 Å². The molecule has 2 fully saturated rings. The summed E-state index contributed by atoms with van der Waals surface area (Å²) in [5, 5.41) is 2.95. The standard InChI is InChI=1S/C23H25N3O5/c27-22(24-18-6-7-20-21(12-18)30-11-10-29-20)25-9-8-17-15-31-23(28)26(19(17)14-25)13-16-4-2-1-3-5-16/h1-7,12,17,19H,8-11,13-15H2,(H,24,27)/t17-,19-/m1/s1. The van der Waals surface area contributed by atoms with E-state index in [9.17, 15) is 9.59 Å². The number of hydrogen-bond donors (Lipinski definition) is 1. The van der Waals surface area contributed by atoms with Crippen LogP contribution in [-0.2, 0) is 11.3 Å². The summed E-state index contributed by atoms with van der Waals surface area (Å²) in [7, 11) is 0. The molecule has 0 aromatic heterocycles. The molecule has 3 amide bonds. The molecule has 0 unspecified atom stereocenters. The molecule has 0 spiro atoms. The highest BCUT2D eigenvalue weighted by Crippen LogP contribution is 2.33. The van der Waals surface area contributed by atoms with Crippen molar-refractivity contribution in [3.05, 3.63) is 54.1 Å². The number of hydrogen-bond acceptors (Lipinski definition) is 5. The number of fused-ring (bicyclic) bond motifs is 2. The number of nitrogens with one attached hydrogen (secondary N) is 1. The fourth-order valence-electron chi connectivity index (χ4n) is 4.39. The van der Waals surface area contributed by atoms with Gasteiger partial charge in [0.25, 0.3) is 0 Å². The van der Waals surface area contributed by atoms with Gasteiger partial charge in [-0.05, 0) is 24.1 Å². The fourth-order valence-corrected chi connectivity index (χ4v) is 4.39. The van der Waals surface area contributed by atoms with Gasteiger partial charge in [-0.3, -0.25) is 4.90 Å². The number of carbonyl (C=O) groups excluding carboxylic acids is 2. The lowest BCUT2D eigenvalue weighted by Gasteiger charge is -2.46. The zero-order chi connectivity index (χ0) is 21.2. The van der Waals surface area contributed by atoms with Gasteiger partial charge in [0.05, 0.1) is 12.6 Å². The van der Waals surface area contributed by atoms with Crippen molar-refractivity contribution < 1.29 is 23.8 Å². The Morgan fingerprint density at radius 3 is 2.68 bits per heavy atom. The first-order chi connectivity index (χ1) is 15.2. The van der Waals surface area contributed by atoms with E-state index in [-0.39, 0.29) is 24.1 Å². The predicted molar refractivity (Wildman–Crippen MR) is 113 cm³/mol. The number of benzene rings is 2. The van der Waals surface area contributed by atoms with E-state index in [1.54, 1.807) is 28.0 Å². The van der Waals surface area contributed by atoms with Gasteiger partial charge in [-0.15, -0.1) is 0 Å². The van der Waals surface area contributed by atoms with E-state index < -0.39 is 0 Å². The number of cyclic esters (lactones) is 1. The lowest BCUT2D eigenvalue weighted by Crippen LogP contribution is -2.60. The third-order valence-corrected chi connectivity index (χ3v) is 6.05. The van der Waals surface area contributed by atoms with E-state index in [2.05, 4.69) is 5.32 Å². The molecule has 8 heteroatoms. The monoisotopic (exact) mass is 423 g/mol. The second-order valence-corrected chi connectivity index (χ2v) is 8.04. The van der Waals surface area contributed by atoms with Gasteiger partial charge in [0.15, 0.2) is 11.5 Å². The van der Waals surface area contributed by atoms with Crippen molar-refractivity contribution in [1.82, 2.24) is 9.80 Å². The quantitative estimate of drug-likeness (QED) is 0.819. The third kappa shape index (κ3) is 4.10. The normalized spacial score (nSPS) is 22.4. The topological polar surface area (TPSA) is 80.3 Å². The molecule has 2 aromatic carbocycles.